The molecule has 4 aromatic carbocycles. The number of hydrogen-bond acceptors (Lipinski definition) is 7. The number of ketones is 2. The van der Waals surface area contributed by atoms with Crippen LogP contribution in [-0.2, 0) is 31.0 Å². The van der Waals surface area contributed by atoms with E-state index in [9.17, 15) is 23.6 Å². The van der Waals surface area contributed by atoms with Crippen LogP contribution in [0.15, 0.2) is 91.0 Å². The van der Waals surface area contributed by atoms with Crippen molar-refractivity contribution in [2.45, 2.75) is 116 Å². The molecule has 1 aliphatic heterocycles. The Balaban J connectivity index is 0.000000284. The largest absolute Gasteiger partial charge is 0.494 e. The van der Waals surface area contributed by atoms with Crippen LogP contribution in [-0.4, -0.2) is 96.9 Å². The Hall–Kier alpha value is -4.32. The molecule has 1 atom stereocenters. The predicted molar refractivity (Wildman–Crippen MR) is 281 cm³/mol. The molecule has 9 nitrogen and oxygen atoms in total. The number of amides is 2. The predicted octanol–water partition coefficient (Wildman–Crippen LogP) is 12.2. The lowest BCUT2D eigenvalue weighted by Crippen LogP contribution is -2.54. The van der Waals surface area contributed by atoms with Crippen LogP contribution in [0.5, 0.6) is 5.75 Å². The minimum atomic E-state index is -1.11. The zero-order valence-corrected chi connectivity index (χ0v) is 43.9. The highest BCUT2D eigenvalue weighted by Crippen LogP contribution is 2.37. The lowest BCUT2D eigenvalue weighted by Gasteiger charge is -2.38. The number of piperazine rings is 1. The SMILES string of the molecule is CN1CCN(CCCOc2ccc(C(C(=O)CC3CCCCC3)N(C(=O)CCl)c3cccc(C(C)(C)C)c3)cc2)CC1.Cc1c(Cl)cccc1N(C(=O)CCl)C(C)(C)C(=O)CCc1ccc(F)cc1. The first-order valence-corrected chi connectivity index (χ1v) is 25.9. The second-order valence-electron chi connectivity index (χ2n) is 20.0. The van der Waals surface area contributed by atoms with Crippen molar-refractivity contribution in [2.24, 2.45) is 5.92 Å². The van der Waals surface area contributed by atoms with Crippen LogP contribution in [0.3, 0.4) is 0 Å². The van der Waals surface area contributed by atoms with E-state index in [0.29, 0.717) is 47.3 Å². The first kappa shape index (κ1) is 55.6. The maximum atomic E-state index is 14.1. The normalized spacial score (nSPS) is 15.4. The van der Waals surface area contributed by atoms with Gasteiger partial charge in [-0.05, 0) is 123 Å². The molecule has 13 heteroatoms. The molecule has 69 heavy (non-hydrogen) atoms. The molecular formula is C56H72Cl3FN4O5. The molecule has 1 aliphatic carbocycles. The first-order chi connectivity index (χ1) is 32.8. The van der Waals surface area contributed by atoms with Crippen LogP contribution in [0.2, 0.25) is 5.02 Å². The van der Waals surface area contributed by atoms with Crippen molar-refractivity contribution < 1.29 is 28.3 Å². The van der Waals surface area contributed by atoms with Crippen molar-refractivity contribution in [3.05, 3.63) is 124 Å². The van der Waals surface area contributed by atoms with Gasteiger partial charge in [-0.15, -0.1) is 23.2 Å². The van der Waals surface area contributed by atoms with Crippen LogP contribution >= 0.6 is 34.8 Å². The number of anilines is 2. The average molecular weight is 1010 g/mol. The van der Waals surface area contributed by atoms with E-state index in [1.807, 2.05) is 42.5 Å². The molecule has 1 heterocycles. The fourth-order valence-corrected chi connectivity index (χ4v) is 9.59. The number of ether oxygens (including phenoxy) is 1. The van der Waals surface area contributed by atoms with Crippen LogP contribution in [0.25, 0.3) is 0 Å². The summed E-state index contributed by atoms with van der Waals surface area (Å²) >= 11 is 18.2. The number of carbonyl (C=O) groups excluding carboxylic acids is 4. The number of hydrogen-bond donors (Lipinski definition) is 0. The van der Waals surface area contributed by atoms with E-state index in [4.69, 9.17) is 39.5 Å². The van der Waals surface area contributed by atoms with Gasteiger partial charge in [-0.2, -0.15) is 0 Å². The van der Waals surface area contributed by atoms with Crippen LogP contribution in [0, 0.1) is 18.7 Å². The number of halogens is 4. The Morgan fingerprint density at radius 1 is 0.812 bits per heavy atom. The Kier molecular flexibility index (Phi) is 21.1. The van der Waals surface area contributed by atoms with E-state index in [2.05, 4.69) is 43.7 Å². The van der Waals surface area contributed by atoms with E-state index in [0.717, 1.165) is 74.4 Å². The van der Waals surface area contributed by atoms with E-state index in [1.54, 1.807) is 56.0 Å². The van der Waals surface area contributed by atoms with Crippen LogP contribution in [0.4, 0.5) is 15.8 Å². The van der Waals surface area contributed by atoms with Crippen molar-refractivity contribution in [3.63, 3.8) is 0 Å². The van der Waals surface area contributed by atoms with Gasteiger partial charge in [-0.25, -0.2) is 4.39 Å². The van der Waals surface area contributed by atoms with E-state index in [-0.39, 0.29) is 52.8 Å². The Morgan fingerprint density at radius 2 is 1.45 bits per heavy atom. The highest BCUT2D eigenvalue weighted by atomic mass is 35.5. The van der Waals surface area contributed by atoms with E-state index >= 15 is 0 Å². The molecule has 0 radical (unpaired) electrons. The summed E-state index contributed by atoms with van der Waals surface area (Å²) in [6, 6.07) is 26.2. The van der Waals surface area contributed by atoms with E-state index < -0.39 is 11.6 Å². The zero-order chi connectivity index (χ0) is 50.3. The van der Waals surface area contributed by atoms with Gasteiger partial charge in [0.15, 0.2) is 11.6 Å². The number of rotatable bonds is 19. The quantitative estimate of drug-likeness (QED) is 0.0683. The third kappa shape index (κ3) is 15.8. The third-order valence-electron chi connectivity index (χ3n) is 13.5. The maximum Gasteiger partial charge on any atom is 0.242 e. The molecule has 0 spiro atoms. The summed E-state index contributed by atoms with van der Waals surface area (Å²) in [5.41, 5.74) is 3.52. The molecule has 2 aliphatic rings. The highest BCUT2D eigenvalue weighted by Gasteiger charge is 2.39. The number of aryl methyl sites for hydroxylation is 1. The van der Waals surface area contributed by atoms with Gasteiger partial charge in [0, 0.05) is 62.0 Å². The lowest BCUT2D eigenvalue weighted by atomic mass is 9.83. The van der Waals surface area contributed by atoms with Crippen molar-refractivity contribution in [1.82, 2.24) is 9.80 Å². The first-order valence-electron chi connectivity index (χ1n) is 24.4. The van der Waals surface area contributed by atoms with Crippen LogP contribution in [0.1, 0.15) is 114 Å². The Morgan fingerprint density at radius 3 is 2.07 bits per heavy atom. The van der Waals surface area contributed by atoms with Crippen molar-refractivity contribution in [1.29, 1.82) is 0 Å². The smallest absolute Gasteiger partial charge is 0.242 e. The summed E-state index contributed by atoms with van der Waals surface area (Å²) in [7, 11) is 2.17. The summed E-state index contributed by atoms with van der Waals surface area (Å²) in [5, 5.41) is 0.509. The molecule has 0 bridgehead atoms. The number of Topliss-reactive ketones (excluding diaryl/α,β-unsaturated/α-hetero) is 2. The molecule has 2 fully saturated rings. The van der Waals surface area contributed by atoms with Gasteiger partial charge >= 0.3 is 0 Å². The zero-order valence-electron chi connectivity index (χ0n) is 41.7. The molecule has 1 unspecified atom stereocenters. The van der Waals surface area contributed by atoms with Crippen molar-refractivity contribution in [3.8, 4) is 5.75 Å². The summed E-state index contributed by atoms with van der Waals surface area (Å²) in [6.07, 6.45) is 7.83. The molecule has 374 valence electrons. The number of carbonyl (C=O) groups is 4. The molecule has 1 saturated carbocycles. The highest BCUT2D eigenvalue weighted by molar-refractivity contribution is 6.33. The Bertz CT molecular complexity index is 2310. The minimum absolute atomic E-state index is 0.0716. The molecule has 1 saturated heterocycles. The molecule has 2 amide bonds. The second kappa shape index (κ2) is 26.2. The summed E-state index contributed by atoms with van der Waals surface area (Å²) < 4.78 is 19.1. The average Bonchev–Trinajstić information content (AvgIpc) is 3.34. The number of benzene rings is 4. The van der Waals surface area contributed by atoms with Crippen molar-refractivity contribution in [2.75, 3.05) is 67.9 Å². The van der Waals surface area contributed by atoms with E-state index in [1.165, 1.54) is 36.3 Å². The van der Waals surface area contributed by atoms with Gasteiger partial charge in [0.25, 0.3) is 0 Å². The van der Waals surface area contributed by atoms with Gasteiger partial charge in [0.1, 0.15) is 34.9 Å². The minimum Gasteiger partial charge on any atom is -0.494 e. The monoisotopic (exact) mass is 1000 g/mol. The molecule has 0 N–H and O–H groups in total. The maximum absolute atomic E-state index is 14.1. The fourth-order valence-electron chi connectivity index (χ4n) is 9.17. The van der Waals surface area contributed by atoms with Crippen molar-refractivity contribution >= 4 is 69.6 Å². The number of nitrogens with zero attached hydrogens (tertiary/aromatic N) is 4. The topological polar surface area (TPSA) is 90.5 Å². The second-order valence-corrected chi connectivity index (χ2v) is 21.0. The number of alkyl halides is 2. The third-order valence-corrected chi connectivity index (χ3v) is 14.3. The van der Waals surface area contributed by atoms with Crippen LogP contribution < -0.4 is 14.5 Å². The number of likely N-dealkylation sites (N-methyl/N-ethyl adjacent to an activating group) is 1. The summed E-state index contributed by atoms with van der Waals surface area (Å²) in [5.74, 6) is -0.308. The van der Waals surface area contributed by atoms with Gasteiger partial charge in [-0.3, -0.25) is 29.0 Å². The van der Waals surface area contributed by atoms with Gasteiger partial charge in [0.05, 0.1) is 6.61 Å². The molecular weight excluding hydrogens is 934 g/mol. The fraction of sp³-hybridized carbons (Fsp3) is 0.500. The molecule has 0 aromatic heterocycles. The Labute approximate surface area is 425 Å². The molecule has 4 aromatic rings. The van der Waals surface area contributed by atoms with Gasteiger partial charge in [-0.1, -0.05) is 107 Å². The van der Waals surface area contributed by atoms with Gasteiger partial charge < -0.3 is 14.5 Å². The summed E-state index contributed by atoms with van der Waals surface area (Å²) in [6.45, 7) is 17.8. The van der Waals surface area contributed by atoms with Gasteiger partial charge in [0.2, 0.25) is 11.8 Å². The summed E-state index contributed by atoms with van der Waals surface area (Å²) in [4.78, 5) is 61.1. The molecule has 6 rings (SSSR count). The standard InChI is InChI=1S/C35H50ClN3O3.C21H22Cl2FNO2/c1-35(2,3)29-12-8-13-30(25-29)39(33(41)26-36)34(32(40)24-27-10-6-5-7-11-27)28-14-16-31(17-15-28)42-23-9-18-38-21-19-37(4)20-22-38;1-14-17(23)5-4-6-18(14)25(20(27)13-22)21(2,3)19(26)12-9-15-7-10-16(24)11-8-15/h8,12-17,25,27,34H,5-7,9-11,18-24,26H2,1-4H3;4-8,10-11H,9,12-13H2,1-3H3. The lowest BCUT2D eigenvalue weighted by molar-refractivity contribution is -0.127.